The fourth-order valence-electron chi connectivity index (χ4n) is 3.20. The van der Waals surface area contributed by atoms with Crippen LogP contribution in [0.5, 0.6) is 0 Å². The van der Waals surface area contributed by atoms with Gasteiger partial charge >= 0.3 is 0 Å². The maximum Gasteiger partial charge on any atom is 0.242 e. The summed E-state index contributed by atoms with van der Waals surface area (Å²) in [5, 5.41) is 0. The van der Waals surface area contributed by atoms with Crippen LogP contribution in [-0.4, -0.2) is 54.0 Å². The van der Waals surface area contributed by atoms with Gasteiger partial charge in [0.1, 0.15) is 0 Å². The molecule has 1 heterocycles. The van der Waals surface area contributed by atoms with Gasteiger partial charge in [0.2, 0.25) is 5.91 Å². The van der Waals surface area contributed by atoms with Crippen LogP contribution >= 0.6 is 24.8 Å². The predicted molar refractivity (Wildman–Crippen MR) is 97.0 cm³/mol. The van der Waals surface area contributed by atoms with Gasteiger partial charge < -0.3 is 10.6 Å². The maximum absolute atomic E-state index is 12.5. The molecule has 0 unspecified atom stereocenters. The van der Waals surface area contributed by atoms with Crippen LogP contribution in [-0.2, 0) is 4.79 Å². The molecule has 0 aromatic carbocycles. The molecule has 1 saturated heterocycles. The van der Waals surface area contributed by atoms with Gasteiger partial charge in [-0.15, -0.1) is 24.8 Å². The lowest BCUT2D eigenvalue weighted by molar-refractivity contribution is -0.138. The monoisotopic (exact) mass is 353 g/mol. The summed E-state index contributed by atoms with van der Waals surface area (Å²) in [6.07, 6.45) is 5.16. The zero-order chi connectivity index (χ0) is 14.8. The number of nitrogens with zero attached hydrogens (tertiary/aromatic N) is 2. The Hall–Kier alpha value is -0.0300. The van der Waals surface area contributed by atoms with Crippen molar-refractivity contribution in [3.63, 3.8) is 0 Å². The van der Waals surface area contributed by atoms with Crippen LogP contribution in [0.4, 0.5) is 0 Å². The summed E-state index contributed by atoms with van der Waals surface area (Å²) < 4.78 is 0. The summed E-state index contributed by atoms with van der Waals surface area (Å²) in [5.41, 5.74) is 6.12. The first-order valence-electron chi connectivity index (χ1n) is 8.11. The Labute approximate surface area is 148 Å². The molecule has 22 heavy (non-hydrogen) atoms. The lowest BCUT2D eigenvalue weighted by Gasteiger charge is -2.39. The van der Waals surface area contributed by atoms with Gasteiger partial charge in [0.15, 0.2) is 0 Å². The van der Waals surface area contributed by atoms with Gasteiger partial charge in [-0.25, -0.2) is 0 Å². The van der Waals surface area contributed by atoms with Crippen LogP contribution < -0.4 is 5.73 Å². The Morgan fingerprint density at radius 3 is 2.00 bits per heavy atom. The molecule has 2 fully saturated rings. The van der Waals surface area contributed by atoms with E-state index in [9.17, 15) is 4.79 Å². The number of hydrogen-bond donors (Lipinski definition) is 1. The average molecular weight is 354 g/mol. The van der Waals surface area contributed by atoms with Crippen molar-refractivity contribution in [1.29, 1.82) is 0 Å². The lowest BCUT2D eigenvalue weighted by Crippen LogP contribution is -2.58. The minimum atomic E-state index is -0.548. The molecule has 1 saturated carbocycles. The van der Waals surface area contributed by atoms with E-state index in [1.807, 2.05) is 4.90 Å². The van der Waals surface area contributed by atoms with Gasteiger partial charge in [0.25, 0.3) is 0 Å². The second-order valence-corrected chi connectivity index (χ2v) is 7.81. The van der Waals surface area contributed by atoms with Gasteiger partial charge in [-0.2, -0.15) is 0 Å². The molecule has 0 bridgehead atoms. The van der Waals surface area contributed by atoms with Crippen LogP contribution in [0.2, 0.25) is 0 Å². The quantitative estimate of drug-likeness (QED) is 0.848. The molecule has 4 nitrogen and oxygen atoms in total. The fraction of sp³-hybridized carbons (Fsp3) is 0.938. The smallest absolute Gasteiger partial charge is 0.242 e. The van der Waals surface area contributed by atoms with E-state index >= 15 is 0 Å². The van der Waals surface area contributed by atoms with Crippen molar-refractivity contribution in [2.45, 2.75) is 58.4 Å². The Kier molecular flexibility index (Phi) is 8.71. The van der Waals surface area contributed by atoms with Crippen LogP contribution in [0.25, 0.3) is 0 Å². The van der Waals surface area contributed by atoms with Gasteiger partial charge in [-0.1, -0.05) is 33.6 Å². The van der Waals surface area contributed by atoms with Crippen molar-refractivity contribution in [2.24, 2.45) is 11.1 Å². The highest BCUT2D eigenvalue weighted by Crippen LogP contribution is 2.29. The molecule has 2 rings (SSSR count). The molecule has 0 spiro atoms. The molecule has 2 N–H and O–H groups in total. The summed E-state index contributed by atoms with van der Waals surface area (Å²) in [5.74, 6) is 0.200. The van der Waals surface area contributed by atoms with Gasteiger partial charge in [0, 0.05) is 26.2 Å². The first-order valence-corrected chi connectivity index (χ1v) is 8.11. The number of nitrogens with two attached hydrogens (primary N) is 1. The third-order valence-electron chi connectivity index (χ3n) is 4.76. The molecule has 0 aromatic rings. The van der Waals surface area contributed by atoms with Crippen molar-refractivity contribution in [1.82, 2.24) is 9.80 Å². The van der Waals surface area contributed by atoms with E-state index in [2.05, 4.69) is 25.7 Å². The first-order chi connectivity index (χ1) is 9.30. The Morgan fingerprint density at radius 1 is 1.05 bits per heavy atom. The molecule has 1 amide bonds. The minimum absolute atomic E-state index is 0. The molecule has 2 aliphatic rings. The minimum Gasteiger partial charge on any atom is -0.339 e. The van der Waals surface area contributed by atoms with Crippen molar-refractivity contribution in [3.8, 4) is 0 Å². The lowest BCUT2D eigenvalue weighted by atomic mass is 9.92. The number of rotatable bonds is 3. The number of amides is 1. The molecule has 1 aliphatic carbocycles. The van der Waals surface area contributed by atoms with Crippen molar-refractivity contribution < 1.29 is 4.79 Å². The molecule has 6 heteroatoms. The van der Waals surface area contributed by atoms with Gasteiger partial charge in [-0.3, -0.25) is 9.69 Å². The summed E-state index contributed by atoms with van der Waals surface area (Å²) in [6.45, 7) is 11.7. The van der Waals surface area contributed by atoms with E-state index in [0.29, 0.717) is 5.41 Å². The van der Waals surface area contributed by atoms with Gasteiger partial charge in [0.05, 0.1) is 5.54 Å². The molecule has 0 radical (unpaired) electrons. The molecular formula is C16H33Cl2N3O. The third kappa shape index (κ3) is 5.88. The summed E-state index contributed by atoms with van der Waals surface area (Å²) >= 11 is 0. The summed E-state index contributed by atoms with van der Waals surface area (Å²) in [6, 6.07) is 0. The second kappa shape index (κ2) is 8.72. The maximum atomic E-state index is 12.5. The van der Waals surface area contributed by atoms with Crippen LogP contribution in [0, 0.1) is 5.41 Å². The van der Waals surface area contributed by atoms with Crippen LogP contribution in [0.15, 0.2) is 0 Å². The normalized spacial score (nSPS) is 21.9. The Morgan fingerprint density at radius 2 is 1.55 bits per heavy atom. The highest BCUT2D eigenvalue weighted by Gasteiger charge is 2.40. The van der Waals surface area contributed by atoms with Crippen molar-refractivity contribution in [3.05, 3.63) is 0 Å². The van der Waals surface area contributed by atoms with E-state index < -0.39 is 5.54 Å². The largest absolute Gasteiger partial charge is 0.339 e. The SMILES string of the molecule is CC(C)(C)CCN1CCN(C(=O)C2(N)CCCC2)CC1.Cl.Cl. The molecule has 0 aromatic heterocycles. The molecule has 132 valence electrons. The van der Waals surface area contributed by atoms with Crippen molar-refractivity contribution >= 4 is 30.7 Å². The number of carbonyl (C=O) groups excluding carboxylic acids is 1. The Bertz CT molecular complexity index is 344. The zero-order valence-corrected chi connectivity index (χ0v) is 15.9. The topological polar surface area (TPSA) is 49.6 Å². The number of carbonyl (C=O) groups is 1. The van der Waals surface area contributed by atoms with E-state index in [1.165, 1.54) is 6.42 Å². The standard InChI is InChI=1S/C16H31N3O.2ClH/c1-15(2,3)8-9-18-10-12-19(13-11-18)14(20)16(17)6-4-5-7-16;;/h4-13,17H2,1-3H3;2*1H. The predicted octanol–water partition coefficient (Wildman–Crippen LogP) is 2.68. The fourth-order valence-corrected chi connectivity index (χ4v) is 3.20. The van der Waals surface area contributed by atoms with E-state index in [1.54, 1.807) is 0 Å². The molecular weight excluding hydrogens is 321 g/mol. The van der Waals surface area contributed by atoms with E-state index in [-0.39, 0.29) is 30.7 Å². The average Bonchev–Trinajstić information content (AvgIpc) is 2.83. The number of piperazine rings is 1. The van der Waals surface area contributed by atoms with E-state index in [0.717, 1.165) is 58.4 Å². The van der Waals surface area contributed by atoms with Gasteiger partial charge in [-0.05, 0) is 31.2 Å². The van der Waals surface area contributed by atoms with E-state index in [4.69, 9.17) is 5.73 Å². The Balaban J connectivity index is 0.00000220. The van der Waals surface area contributed by atoms with Crippen LogP contribution in [0.1, 0.15) is 52.9 Å². The summed E-state index contributed by atoms with van der Waals surface area (Å²) in [7, 11) is 0. The molecule has 0 atom stereocenters. The zero-order valence-electron chi connectivity index (χ0n) is 14.3. The van der Waals surface area contributed by atoms with Crippen LogP contribution in [0.3, 0.4) is 0 Å². The molecule has 1 aliphatic heterocycles. The summed E-state index contributed by atoms with van der Waals surface area (Å²) in [4.78, 5) is 17.0. The highest BCUT2D eigenvalue weighted by molar-refractivity contribution is 5.86. The number of halogens is 2. The highest BCUT2D eigenvalue weighted by atomic mass is 35.5. The number of hydrogen-bond acceptors (Lipinski definition) is 3. The third-order valence-corrected chi connectivity index (χ3v) is 4.76. The first kappa shape index (κ1) is 22.0. The second-order valence-electron chi connectivity index (χ2n) is 7.81. The van der Waals surface area contributed by atoms with Crippen molar-refractivity contribution in [2.75, 3.05) is 32.7 Å².